The Morgan fingerprint density at radius 1 is 1.16 bits per heavy atom. The molecule has 0 heterocycles. The van der Waals surface area contributed by atoms with Gasteiger partial charge in [0.25, 0.3) is 0 Å². The van der Waals surface area contributed by atoms with Gasteiger partial charge in [0.1, 0.15) is 0 Å². The van der Waals surface area contributed by atoms with Gasteiger partial charge in [0.2, 0.25) is 0 Å². The maximum absolute atomic E-state index is 8.88. The molecule has 2 rings (SSSR count). The second kappa shape index (κ2) is 5.63. The zero-order chi connectivity index (χ0) is 13.8. The van der Waals surface area contributed by atoms with Crippen molar-refractivity contribution < 1.29 is 5.21 Å². The topological polar surface area (TPSA) is 61.8 Å². The minimum absolute atomic E-state index is 0.0108. The lowest BCUT2D eigenvalue weighted by Crippen LogP contribution is -2.20. The van der Waals surface area contributed by atoms with E-state index in [-0.39, 0.29) is 5.84 Å². The number of halogens is 1. The number of anilines is 2. The zero-order valence-electron chi connectivity index (χ0n) is 10.4. The standard InChI is InChI=1S/C14H14ClN3O/c1-18(10-6-3-2-4-7-10)12-9-5-8-11(15)13(12)14(16)17-19/h2-9,19H,1H3,(H2,16,17). The van der Waals surface area contributed by atoms with Gasteiger partial charge < -0.3 is 15.8 Å². The van der Waals surface area contributed by atoms with Crippen LogP contribution in [0.2, 0.25) is 5.02 Å². The van der Waals surface area contributed by atoms with Crippen LogP contribution in [0.4, 0.5) is 11.4 Å². The van der Waals surface area contributed by atoms with Gasteiger partial charge in [-0.05, 0) is 24.3 Å². The second-order valence-electron chi connectivity index (χ2n) is 4.01. The largest absolute Gasteiger partial charge is 0.409 e. The lowest BCUT2D eigenvalue weighted by atomic mass is 10.1. The van der Waals surface area contributed by atoms with Crippen LogP contribution < -0.4 is 10.6 Å². The van der Waals surface area contributed by atoms with E-state index in [0.29, 0.717) is 10.6 Å². The molecule has 2 aromatic carbocycles. The molecule has 0 aliphatic carbocycles. The van der Waals surface area contributed by atoms with Crippen LogP contribution in [0.5, 0.6) is 0 Å². The normalized spacial score (nSPS) is 11.4. The number of para-hydroxylation sites is 1. The summed E-state index contributed by atoms with van der Waals surface area (Å²) in [5, 5.41) is 12.4. The summed E-state index contributed by atoms with van der Waals surface area (Å²) in [5.74, 6) is -0.0108. The molecule has 19 heavy (non-hydrogen) atoms. The molecule has 0 aliphatic heterocycles. The van der Waals surface area contributed by atoms with Gasteiger partial charge in [-0.15, -0.1) is 0 Å². The summed E-state index contributed by atoms with van der Waals surface area (Å²) in [6, 6.07) is 15.2. The van der Waals surface area contributed by atoms with Gasteiger partial charge in [-0.3, -0.25) is 0 Å². The zero-order valence-corrected chi connectivity index (χ0v) is 11.2. The Labute approximate surface area is 116 Å². The first-order valence-electron chi connectivity index (χ1n) is 5.70. The third-order valence-electron chi connectivity index (χ3n) is 2.86. The highest BCUT2D eigenvalue weighted by molar-refractivity contribution is 6.35. The van der Waals surface area contributed by atoms with E-state index in [1.165, 1.54) is 0 Å². The van der Waals surface area contributed by atoms with Crippen molar-refractivity contribution in [3.8, 4) is 0 Å². The molecule has 0 aliphatic rings. The quantitative estimate of drug-likeness (QED) is 0.391. The van der Waals surface area contributed by atoms with Crippen LogP contribution in [-0.4, -0.2) is 18.1 Å². The predicted octanol–water partition coefficient (Wildman–Crippen LogP) is 3.20. The van der Waals surface area contributed by atoms with Crippen LogP contribution in [0.3, 0.4) is 0 Å². The molecule has 0 fully saturated rings. The van der Waals surface area contributed by atoms with Crippen molar-refractivity contribution in [2.24, 2.45) is 10.9 Å². The van der Waals surface area contributed by atoms with E-state index in [1.807, 2.05) is 54.4 Å². The molecule has 0 spiro atoms. The van der Waals surface area contributed by atoms with Crippen molar-refractivity contribution >= 4 is 28.8 Å². The number of nitrogens with two attached hydrogens (primary N) is 1. The van der Waals surface area contributed by atoms with Gasteiger partial charge in [-0.1, -0.05) is 41.0 Å². The molecule has 98 valence electrons. The van der Waals surface area contributed by atoms with E-state index in [2.05, 4.69) is 5.16 Å². The molecule has 0 saturated heterocycles. The predicted molar refractivity (Wildman–Crippen MR) is 78.5 cm³/mol. The summed E-state index contributed by atoms with van der Waals surface area (Å²) in [4.78, 5) is 1.93. The molecule has 0 amide bonds. The highest BCUT2D eigenvalue weighted by atomic mass is 35.5. The van der Waals surface area contributed by atoms with Gasteiger partial charge in [0, 0.05) is 12.7 Å². The van der Waals surface area contributed by atoms with Gasteiger partial charge in [-0.2, -0.15) is 0 Å². The Bertz CT molecular complexity index is 599. The summed E-state index contributed by atoms with van der Waals surface area (Å²) in [5.41, 5.74) is 7.97. The van der Waals surface area contributed by atoms with Crippen molar-refractivity contribution in [1.29, 1.82) is 0 Å². The van der Waals surface area contributed by atoms with Crippen LogP contribution in [-0.2, 0) is 0 Å². The molecule has 3 N–H and O–H groups in total. The number of nitrogens with zero attached hydrogens (tertiary/aromatic N) is 2. The number of rotatable bonds is 3. The average Bonchev–Trinajstić information content (AvgIpc) is 2.46. The van der Waals surface area contributed by atoms with E-state index in [1.54, 1.807) is 6.07 Å². The Morgan fingerprint density at radius 3 is 2.47 bits per heavy atom. The highest BCUT2D eigenvalue weighted by Gasteiger charge is 2.15. The van der Waals surface area contributed by atoms with Crippen molar-refractivity contribution in [1.82, 2.24) is 0 Å². The molecule has 0 bridgehead atoms. The number of benzene rings is 2. The first-order chi connectivity index (χ1) is 9.15. The van der Waals surface area contributed by atoms with Gasteiger partial charge in [0.05, 0.1) is 16.3 Å². The fourth-order valence-electron chi connectivity index (χ4n) is 1.89. The molecule has 5 heteroatoms. The molecule has 0 radical (unpaired) electrons. The van der Waals surface area contributed by atoms with Crippen LogP contribution in [0, 0.1) is 0 Å². The maximum Gasteiger partial charge on any atom is 0.173 e. The third-order valence-corrected chi connectivity index (χ3v) is 3.18. The Hall–Kier alpha value is -2.20. The summed E-state index contributed by atoms with van der Waals surface area (Å²) in [6.07, 6.45) is 0. The molecule has 0 saturated carbocycles. The minimum atomic E-state index is -0.0108. The van der Waals surface area contributed by atoms with Crippen LogP contribution in [0.25, 0.3) is 0 Å². The molecule has 2 aromatic rings. The summed E-state index contributed by atoms with van der Waals surface area (Å²) >= 11 is 6.14. The molecular weight excluding hydrogens is 262 g/mol. The monoisotopic (exact) mass is 275 g/mol. The minimum Gasteiger partial charge on any atom is -0.409 e. The van der Waals surface area contributed by atoms with E-state index >= 15 is 0 Å². The number of amidine groups is 1. The average molecular weight is 276 g/mol. The van der Waals surface area contributed by atoms with E-state index in [0.717, 1.165) is 11.4 Å². The summed E-state index contributed by atoms with van der Waals surface area (Å²) < 4.78 is 0. The van der Waals surface area contributed by atoms with Crippen molar-refractivity contribution in [3.05, 3.63) is 59.1 Å². The van der Waals surface area contributed by atoms with Crippen LogP contribution in [0.15, 0.2) is 53.7 Å². The lowest BCUT2D eigenvalue weighted by Gasteiger charge is -2.22. The second-order valence-corrected chi connectivity index (χ2v) is 4.42. The molecule has 4 nitrogen and oxygen atoms in total. The Morgan fingerprint density at radius 2 is 1.84 bits per heavy atom. The fraction of sp³-hybridized carbons (Fsp3) is 0.0714. The van der Waals surface area contributed by atoms with Gasteiger partial charge >= 0.3 is 0 Å². The number of hydrogen-bond donors (Lipinski definition) is 2. The highest BCUT2D eigenvalue weighted by Crippen LogP contribution is 2.31. The summed E-state index contributed by atoms with van der Waals surface area (Å²) in [7, 11) is 1.90. The lowest BCUT2D eigenvalue weighted by molar-refractivity contribution is 0.318. The smallest absolute Gasteiger partial charge is 0.173 e. The third kappa shape index (κ3) is 2.63. The SMILES string of the molecule is CN(c1ccccc1)c1cccc(Cl)c1C(N)=NO. The molecule has 0 atom stereocenters. The first kappa shape index (κ1) is 13.2. The van der Waals surface area contributed by atoms with Gasteiger partial charge in [-0.25, -0.2) is 0 Å². The van der Waals surface area contributed by atoms with Crippen molar-refractivity contribution in [2.75, 3.05) is 11.9 Å². The molecular formula is C14H14ClN3O. The maximum atomic E-state index is 8.88. The Balaban J connectivity index is 2.54. The molecule has 0 unspecified atom stereocenters. The molecule has 0 aromatic heterocycles. The van der Waals surface area contributed by atoms with Gasteiger partial charge in [0.15, 0.2) is 5.84 Å². The van der Waals surface area contributed by atoms with Crippen LogP contribution in [0.1, 0.15) is 5.56 Å². The fourth-order valence-corrected chi connectivity index (χ4v) is 2.15. The van der Waals surface area contributed by atoms with E-state index in [4.69, 9.17) is 22.5 Å². The first-order valence-corrected chi connectivity index (χ1v) is 6.08. The van der Waals surface area contributed by atoms with Crippen molar-refractivity contribution in [2.45, 2.75) is 0 Å². The van der Waals surface area contributed by atoms with E-state index in [9.17, 15) is 0 Å². The van der Waals surface area contributed by atoms with Crippen LogP contribution >= 0.6 is 11.6 Å². The Kier molecular flexibility index (Phi) is 3.92. The number of hydrogen-bond acceptors (Lipinski definition) is 3. The van der Waals surface area contributed by atoms with E-state index < -0.39 is 0 Å². The number of oxime groups is 1. The van der Waals surface area contributed by atoms with Crippen molar-refractivity contribution in [3.63, 3.8) is 0 Å². The summed E-state index contributed by atoms with van der Waals surface area (Å²) in [6.45, 7) is 0.